The van der Waals surface area contributed by atoms with E-state index < -0.39 is 0 Å². The summed E-state index contributed by atoms with van der Waals surface area (Å²) in [4.78, 5) is 4.19. The molecule has 0 aromatic heterocycles. The largest absolute Gasteiger partial charge is 0.392 e. The number of aliphatic hydroxyl groups excluding tert-OH is 1. The number of aliphatic hydroxyl groups is 1. The van der Waals surface area contributed by atoms with Gasteiger partial charge in [-0.05, 0) is 5.56 Å². The van der Waals surface area contributed by atoms with Crippen LogP contribution in [-0.2, 0) is 13.0 Å². The highest BCUT2D eigenvalue weighted by atomic mass is 16.3. The van der Waals surface area contributed by atoms with Gasteiger partial charge in [0.25, 0.3) is 0 Å². The van der Waals surface area contributed by atoms with E-state index >= 15 is 0 Å². The zero-order valence-corrected chi connectivity index (χ0v) is 6.12. The van der Waals surface area contributed by atoms with E-state index in [4.69, 9.17) is 5.11 Å². The summed E-state index contributed by atoms with van der Waals surface area (Å²) < 4.78 is 0. The van der Waals surface area contributed by atoms with Crippen molar-refractivity contribution in [3.05, 3.63) is 29.3 Å². The molecule has 0 saturated carbocycles. The Balaban J connectivity index is 2.57. The third kappa shape index (κ3) is 0.955. The lowest BCUT2D eigenvalue weighted by Crippen LogP contribution is -1.85. The van der Waals surface area contributed by atoms with E-state index in [9.17, 15) is 0 Å². The SMILES string of the molecule is OCc1cccc2c1N=CC2. The Kier molecular flexibility index (Phi) is 1.47. The topological polar surface area (TPSA) is 32.6 Å². The molecular formula is C9H9NO. The number of fused-ring (bicyclic) bond motifs is 1. The molecule has 2 rings (SSSR count). The first-order chi connectivity index (χ1) is 5.42. The molecule has 0 bridgehead atoms. The number of nitrogens with zero attached hydrogens (tertiary/aromatic N) is 1. The van der Waals surface area contributed by atoms with Crippen molar-refractivity contribution >= 4 is 11.9 Å². The van der Waals surface area contributed by atoms with E-state index in [-0.39, 0.29) is 6.61 Å². The normalized spacial score (nSPS) is 13.5. The van der Waals surface area contributed by atoms with E-state index in [0.717, 1.165) is 17.7 Å². The average Bonchev–Trinajstić information content (AvgIpc) is 2.50. The molecule has 0 amide bonds. The Morgan fingerprint density at radius 2 is 2.36 bits per heavy atom. The van der Waals surface area contributed by atoms with Gasteiger partial charge in [-0.1, -0.05) is 18.2 Å². The third-order valence-electron chi connectivity index (χ3n) is 1.91. The van der Waals surface area contributed by atoms with E-state index in [1.54, 1.807) is 0 Å². The van der Waals surface area contributed by atoms with E-state index in [1.807, 2.05) is 24.4 Å². The minimum Gasteiger partial charge on any atom is -0.392 e. The Labute approximate surface area is 65.2 Å². The zero-order chi connectivity index (χ0) is 7.68. The molecule has 1 aromatic carbocycles. The van der Waals surface area contributed by atoms with Crippen molar-refractivity contribution in [2.24, 2.45) is 4.99 Å². The van der Waals surface area contributed by atoms with Gasteiger partial charge in [0.2, 0.25) is 0 Å². The van der Waals surface area contributed by atoms with Crippen molar-refractivity contribution in [3.8, 4) is 0 Å². The summed E-state index contributed by atoms with van der Waals surface area (Å²) in [6.45, 7) is 0.0838. The van der Waals surface area contributed by atoms with E-state index in [0.29, 0.717) is 0 Å². The molecule has 1 aromatic rings. The van der Waals surface area contributed by atoms with Crippen LogP contribution in [0.2, 0.25) is 0 Å². The van der Waals surface area contributed by atoms with Crippen LogP contribution in [-0.4, -0.2) is 11.3 Å². The second-order valence-corrected chi connectivity index (χ2v) is 2.60. The lowest BCUT2D eigenvalue weighted by Gasteiger charge is -2.01. The zero-order valence-electron chi connectivity index (χ0n) is 6.12. The van der Waals surface area contributed by atoms with Crippen LogP contribution in [0.4, 0.5) is 5.69 Å². The first kappa shape index (κ1) is 6.55. The number of hydrogen-bond donors (Lipinski definition) is 1. The lowest BCUT2D eigenvalue weighted by atomic mass is 10.1. The molecule has 2 heteroatoms. The fourth-order valence-corrected chi connectivity index (χ4v) is 1.34. The molecule has 0 spiro atoms. The van der Waals surface area contributed by atoms with E-state index in [1.165, 1.54) is 5.56 Å². The van der Waals surface area contributed by atoms with Crippen molar-refractivity contribution in [3.63, 3.8) is 0 Å². The first-order valence-electron chi connectivity index (χ1n) is 3.66. The summed E-state index contributed by atoms with van der Waals surface area (Å²) in [5, 5.41) is 8.93. The van der Waals surface area contributed by atoms with Crippen molar-refractivity contribution in [1.82, 2.24) is 0 Å². The minimum absolute atomic E-state index is 0.0838. The van der Waals surface area contributed by atoms with Gasteiger partial charge < -0.3 is 5.11 Å². The fourth-order valence-electron chi connectivity index (χ4n) is 1.34. The summed E-state index contributed by atoms with van der Waals surface area (Å²) in [5.74, 6) is 0. The van der Waals surface area contributed by atoms with Crippen LogP contribution in [0.15, 0.2) is 23.2 Å². The van der Waals surface area contributed by atoms with E-state index in [2.05, 4.69) is 4.99 Å². The third-order valence-corrected chi connectivity index (χ3v) is 1.91. The van der Waals surface area contributed by atoms with Crippen LogP contribution in [0.1, 0.15) is 11.1 Å². The number of para-hydroxylation sites is 1. The molecule has 1 N–H and O–H groups in total. The molecule has 0 saturated heterocycles. The van der Waals surface area contributed by atoms with Gasteiger partial charge in [-0.15, -0.1) is 0 Å². The second-order valence-electron chi connectivity index (χ2n) is 2.60. The van der Waals surface area contributed by atoms with Crippen molar-refractivity contribution in [2.75, 3.05) is 0 Å². The predicted octanol–water partition coefficient (Wildman–Crippen LogP) is 1.44. The molecule has 2 nitrogen and oxygen atoms in total. The minimum atomic E-state index is 0.0838. The van der Waals surface area contributed by atoms with Crippen LogP contribution in [0.5, 0.6) is 0 Å². The maximum absolute atomic E-state index is 8.93. The molecule has 0 unspecified atom stereocenters. The van der Waals surface area contributed by atoms with Gasteiger partial charge in [-0.25, -0.2) is 0 Å². The van der Waals surface area contributed by atoms with Gasteiger partial charge in [0.05, 0.1) is 12.3 Å². The highest BCUT2D eigenvalue weighted by Gasteiger charge is 2.08. The smallest absolute Gasteiger partial charge is 0.0716 e. The standard InChI is InChI=1S/C9H9NO/c11-6-8-3-1-2-7-4-5-10-9(7)8/h1-3,5,11H,4,6H2. The molecule has 0 radical (unpaired) electrons. The number of hydrogen-bond acceptors (Lipinski definition) is 2. The average molecular weight is 147 g/mol. The van der Waals surface area contributed by atoms with Gasteiger partial charge in [-0.2, -0.15) is 0 Å². The number of rotatable bonds is 1. The van der Waals surface area contributed by atoms with Gasteiger partial charge >= 0.3 is 0 Å². The maximum Gasteiger partial charge on any atom is 0.0716 e. The quantitative estimate of drug-likeness (QED) is 0.640. The van der Waals surface area contributed by atoms with Crippen molar-refractivity contribution in [2.45, 2.75) is 13.0 Å². The molecule has 0 atom stereocenters. The summed E-state index contributed by atoms with van der Waals surface area (Å²) >= 11 is 0. The van der Waals surface area contributed by atoms with Gasteiger partial charge in [0, 0.05) is 18.2 Å². The summed E-state index contributed by atoms with van der Waals surface area (Å²) in [7, 11) is 0. The molecule has 1 aliphatic rings. The number of benzene rings is 1. The van der Waals surface area contributed by atoms with Crippen LogP contribution in [0.3, 0.4) is 0 Å². The molecule has 56 valence electrons. The van der Waals surface area contributed by atoms with Crippen molar-refractivity contribution < 1.29 is 5.11 Å². The Morgan fingerprint density at radius 1 is 1.45 bits per heavy atom. The van der Waals surface area contributed by atoms with Crippen molar-refractivity contribution in [1.29, 1.82) is 0 Å². The monoisotopic (exact) mass is 147 g/mol. The number of aliphatic imine (C=N–C) groups is 1. The summed E-state index contributed by atoms with van der Waals surface area (Å²) in [5.41, 5.74) is 3.11. The van der Waals surface area contributed by atoms with Crippen LogP contribution < -0.4 is 0 Å². The van der Waals surface area contributed by atoms with Gasteiger partial charge in [0.15, 0.2) is 0 Å². The first-order valence-corrected chi connectivity index (χ1v) is 3.66. The second kappa shape index (κ2) is 2.47. The summed E-state index contributed by atoms with van der Waals surface area (Å²) in [6.07, 6.45) is 2.78. The van der Waals surface area contributed by atoms with Gasteiger partial charge in [-0.3, -0.25) is 4.99 Å². The van der Waals surface area contributed by atoms with Crippen LogP contribution in [0, 0.1) is 0 Å². The Morgan fingerprint density at radius 3 is 3.18 bits per heavy atom. The highest BCUT2D eigenvalue weighted by molar-refractivity contribution is 5.77. The summed E-state index contributed by atoms with van der Waals surface area (Å²) in [6, 6.07) is 5.90. The molecule has 11 heavy (non-hydrogen) atoms. The molecule has 0 fully saturated rings. The predicted molar refractivity (Wildman–Crippen MR) is 44.2 cm³/mol. The molecule has 0 aliphatic carbocycles. The lowest BCUT2D eigenvalue weighted by molar-refractivity contribution is 0.282. The molecule has 1 aliphatic heterocycles. The fraction of sp³-hybridized carbons (Fsp3) is 0.222. The Bertz CT molecular complexity index is 304. The molecular weight excluding hydrogens is 138 g/mol. The molecule has 1 heterocycles. The van der Waals surface area contributed by atoms with Crippen LogP contribution in [0.25, 0.3) is 0 Å². The van der Waals surface area contributed by atoms with Gasteiger partial charge in [0.1, 0.15) is 0 Å². The maximum atomic E-state index is 8.93. The van der Waals surface area contributed by atoms with Crippen LogP contribution >= 0.6 is 0 Å². The highest BCUT2D eigenvalue weighted by Crippen LogP contribution is 2.27. The Hall–Kier alpha value is -1.15.